The van der Waals surface area contributed by atoms with Crippen molar-refractivity contribution in [3.8, 4) is 0 Å². The summed E-state index contributed by atoms with van der Waals surface area (Å²) >= 11 is 0. The maximum atomic E-state index is 8.86. The summed E-state index contributed by atoms with van der Waals surface area (Å²) in [6.07, 6.45) is 4.28. The van der Waals surface area contributed by atoms with Crippen LogP contribution in [-0.2, 0) is 0 Å². The second kappa shape index (κ2) is 11.9. The van der Waals surface area contributed by atoms with Gasteiger partial charge in [0.1, 0.15) is 0 Å². The molecule has 0 aromatic rings. The molecule has 0 heterocycles. The van der Waals surface area contributed by atoms with Crippen molar-refractivity contribution in [1.29, 1.82) is 0 Å². The Hall–Kier alpha value is -0.160. The SMILES string of the molecule is CC(C)(O)CCO.OCCCCCCO. The lowest BCUT2D eigenvalue weighted by Crippen LogP contribution is -2.19. The van der Waals surface area contributed by atoms with Gasteiger partial charge in [-0.1, -0.05) is 12.8 Å². The quantitative estimate of drug-likeness (QED) is 0.477. The Labute approximate surface area is 92.6 Å². The van der Waals surface area contributed by atoms with Crippen molar-refractivity contribution >= 4 is 0 Å². The Morgan fingerprint density at radius 2 is 1.13 bits per heavy atom. The largest absolute Gasteiger partial charge is 0.396 e. The summed E-state index contributed by atoms with van der Waals surface area (Å²) in [5.41, 5.74) is -0.700. The molecule has 0 aliphatic rings. The number of hydrogen-bond donors (Lipinski definition) is 4. The van der Waals surface area contributed by atoms with E-state index >= 15 is 0 Å². The molecular weight excluding hydrogens is 196 g/mol. The normalized spacial score (nSPS) is 10.8. The molecule has 4 heteroatoms. The van der Waals surface area contributed by atoms with Gasteiger partial charge in [0.2, 0.25) is 0 Å². The average molecular weight is 222 g/mol. The van der Waals surface area contributed by atoms with E-state index < -0.39 is 5.60 Å². The third-order valence-electron chi connectivity index (χ3n) is 1.79. The van der Waals surface area contributed by atoms with Crippen LogP contribution in [0.4, 0.5) is 0 Å². The summed E-state index contributed by atoms with van der Waals surface area (Å²) in [5, 5.41) is 33.7. The van der Waals surface area contributed by atoms with E-state index in [0.717, 1.165) is 25.7 Å². The predicted octanol–water partition coefficient (Wildman–Crippen LogP) is 0.671. The topological polar surface area (TPSA) is 80.9 Å². The summed E-state index contributed by atoms with van der Waals surface area (Å²) in [6.45, 7) is 3.97. The Kier molecular flexibility index (Phi) is 13.7. The monoisotopic (exact) mass is 222 g/mol. The van der Waals surface area contributed by atoms with Crippen molar-refractivity contribution in [2.24, 2.45) is 0 Å². The van der Waals surface area contributed by atoms with Gasteiger partial charge in [-0.25, -0.2) is 0 Å². The zero-order chi connectivity index (χ0) is 12.2. The van der Waals surface area contributed by atoms with Gasteiger partial charge >= 0.3 is 0 Å². The molecule has 4 nitrogen and oxygen atoms in total. The van der Waals surface area contributed by atoms with Gasteiger partial charge in [-0.15, -0.1) is 0 Å². The molecule has 0 rings (SSSR count). The molecule has 0 aromatic heterocycles. The molecule has 0 spiro atoms. The number of aliphatic hydroxyl groups excluding tert-OH is 3. The van der Waals surface area contributed by atoms with Crippen molar-refractivity contribution in [3.05, 3.63) is 0 Å². The van der Waals surface area contributed by atoms with E-state index in [0.29, 0.717) is 6.42 Å². The minimum absolute atomic E-state index is 0.0590. The first-order valence-electron chi connectivity index (χ1n) is 5.53. The highest BCUT2D eigenvalue weighted by Gasteiger charge is 2.09. The maximum absolute atomic E-state index is 8.86. The van der Waals surface area contributed by atoms with Crippen LogP contribution < -0.4 is 0 Å². The van der Waals surface area contributed by atoms with Crippen LogP contribution in [0.25, 0.3) is 0 Å². The molecule has 0 fully saturated rings. The van der Waals surface area contributed by atoms with Gasteiger partial charge in [-0.3, -0.25) is 0 Å². The predicted molar refractivity (Wildman–Crippen MR) is 60.6 cm³/mol. The van der Waals surface area contributed by atoms with Crippen molar-refractivity contribution in [1.82, 2.24) is 0 Å². The van der Waals surface area contributed by atoms with Crippen LogP contribution in [0.3, 0.4) is 0 Å². The van der Waals surface area contributed by atoms with Crippen LogP contribution >= 0.6 is 0 Å². The zero-order valence-electron chi connectivity index (χ0n) is 9.95. The fraction of sp³-hybridized carbons (Fsp3) is 1.00. The van der Waals surface area contributed by atoms with E-state index in [1.807, 2.05) is 0 Å². The minimum Gasteiger partial charge on any atom is -0.396 e. The summed E-state index contributed by atoms with van der Waals surface area (Å²) in [6, 6.07) is 0. The van der Waals surface area contributed by atoms with Gasteiger partial charge < -0.3 is 20.4 Å². The van der Waals surface area contributed by atoms with Crippen LogP contribution in [0.1, 0.15) is 46.0 Å². The molecule has 0 aliphatic heterocycles. The van der Waals surface area contributed by atoms with E-state index in [2.05, 4.69) is 0 Å². The molecule has 0 saturated heterocycles. The highest BCUT2D eigenvalue weighted by Crippen LogP contribution is 2.04. The summed E-state index contributed by atoms with van der Waals surface area (Å²) in [4.78, 5) is 0. The third-order valence-corrected chi connectivity index (χ3v) is 1.79. The molecule has 15 heavy (non-hydrogen) atoms. The molecule has 0 amide bonds. The Morgan fingerprint density at radius 3 is 1.27 bits per heavy atom. The number of aliphatic hydroxyl groups is 4. The summed E-state index contributed by atoms with van der Waals surface area (Å²) in [7, 11) is 0. The molecule has 0 atom stereocenters. The second-order valence-corrected chi connectivity index (χ2v) is 4.15. The van der Waals surface area contributed by atoms with Gasteiger partial charge in [-0.05, 0) is 33.1 Å². The third kappa shape index (κ3) is 24.8. The lowest BCUT2D eigenvalue weighted by Gasteiger charge is -2.13. The Bertz CT molecular complexity index is 104. The smallest absolute Gasteiger partial charge is 0.0613 e. The molecule has 0 bridgehead atoms. The number of unbranched alkanes of at least 4 members (excludes halogenated alkanes) is 3. The highest BCUT2D eigenvalue weighted by atomic mass is 16.3. The van der Waals surface area contributed by atoms with Crippen molar-refractivity contribution in [2.75, 3.05) is 19.8 Å². The molecule has 0 saturated carbocycles. The number of hydrogen-bond acceptors (Lipinski definition) is 4. The fourth-order valence-electron chi connectivity index (χ4n) is 0.851. The first-order chi connectivity index (χ1) is 6.97. The molecule has 0 aromatic carbocycles. The lowest BCUT2D eigenvalue weighted by atomic mass is 10.1. The van der Waals surface area contributed by atoms with Crippen molar-refractivity contribution in [3.63, 3.8) is 0 Å². The van der Waals surface area contributed by atoms with E-state index in [-0.39, 0.29) is 19.8 Å². The minimum atomic E-state index is -0.700. The van der Waals surface area contributed by atoms with Crippen LogP contribution in [0.15, 0.2) is 0 Å². The van der Waals surface area contributed by atoms with E-state index in [1.54, 1.807) is 13.8 Å². The fourth-order valence-corrected chi connectivity index (χ4v) is 0.851. The van der Waals surface area contributed by atoms with Gasteiger partial charge in [-0.2, -0.15) is 0 Å². The van der Waals surface area contributed by atoms with Gasteiger partial charge in [0, 0.05) is 19.8 Å². The molecular formula is C11H26O4. The summed E-state index contributed by atoms with van der Waals surface area (Å²) in [5.74, 6) is 0. The van der Waals surface area contributed by atoms with E-state index in [1.165, 1.54) is 0 Å². The average Bonchev–Trinajstić information content (AvgIpc) is 2.12. The Balaban J connectivity index is 0. The number of rotatable bonds is 7. The van der Waals surface area contributed by atoms with Crippen LogP contribution in [0.2, 0.25) is 0 Å². The zero-order valence-corrected chi connectivity index (χ0v) is 9.95. The first-order valence-corrected chi connectivity index (χ1v) is 5.53. The molecule has 0 unspecified atom stereocenters. The van der Waals surface area contributed by atoms with Crippen LogP contribution in [-0.4, -0.2) is 45.8 Å². The summed E-state index contributed by atoms with van der Waals surface area (Å²) < 4.78 is 0. The van der Waals surface area contributed by atoms with Crippen LogP contribution in [0.5, 0.6) is 0 Å². The van der Waals surface area contributed by atoms with Crippen molar-refractivity contribution in [2.45, 2.75) is 51.6 Å². The molecule has 4 N–H and O–H groups in total. The van der Waals surface area contributed by atoms with Gasteiger partial charge in [0.25, 0.3) is 0 Å². The van der Waals surface area contributed by atoms with Crippen LogP contribution in [0, 0.1) is 0 Å². The standard InChI is InChI=1S/C6H14O2.C5H12O2/c7-5-3-1-2-4-6-8;1-5(2,7)3-4-6/h7-8H,1-6H2;6-7H,3-4H2,1-2H3. The van der Waals surface area contributed by atoms with E-state index in [4.69, 9.17) is 20.4 Å². The molecule has 0 aliphatic carbocycles. The van der Waals surface area contributed by atoms with E-state index in [9.17, 15) is 0 Å². The lowest BCUT2D eigenvalue weighted by molar-refractivity contribution is 0.0515. The van der Waals surface area contributed by atoms with Gasteiger partial charge in [0.05, 0.1) is 5.60 Å². The second-order valence-electron chi connectivity index (χ2n) is 4.15. The Morgan fingerprint density at radius 1 is 0.733 bits per heavy atom. The maximum Gasteiger partial charge on any atom is 0.0613 e. The molecule has 0 radical (unpaired) electrons. The highest BCUT2D eigenvalue weighted by molar-refractivity contribution is 4.62. The molecule has 94 valence electrons. The van der Waals surface area contributed by atoms with Crippen molar-refractivity contribution < 1.29 is 20.4 Å². The van der Waals surface area contributed by atoms with Gasteiger partial charge in [0.15, 0.2) is 0 Å². The first kappa shape index (κ1) is 17.2.